The van der Waals surface area contributed by atoms with Crippen LogP contribution in [0.15, 0.2) is 10.2 Å². The fourth-order valence-electron chi connectivity index (χ4n) is 8.84. The van der Waals surface area contributed by atoms with Crippen LogP contribution in [-0.4, -0.2) is 34.5 Å². The van der Waals surface area contributed by atoms with Gasteiger partial charge < -0.3 is 10.2 Å². The van der Waals surface area contributed by atoms with Crippen molar-refractivity contribution in [2.45, 2.75) is 49.6 Å². The molecule has 0 radical (unpaired) electrons. The number of rotatable bonds is 2. The van der Waals surface area contributed by atoms with Gasteiger partial charge in [0.15, 0.2) is 0 Å². The molecular formula is C18H26N2O2. The molecule has 120 valence electrons. The van der Waals surface area contributed by atoms with Crippen LogP contribution in [-0.2, 0) is 0 Å². The zero-order chi connectivity index (χ0) is 14.7. The highest BCUT2D eigenvalue weighted by molar-refractivity contribution is 5.30. The van der Waals surface area contributed by atoms with Crippen LogP contribution >= 0.6 is 0 Å². The molecule has 0 aromatic heterocycles. The van der Waals surface area contributed by atoms with Crippen LogP contribution in [0.2, 0.25) is 0 Å². The summed E-state index contributed by atoms with van der Waals surface area (Å²) < 4.78 is 0. The van der Waals surface area contributed by atoms with E-state index in [0.717, 1.165) is 23.7 Å². The number of aliphatic hydroxyl groups excluding tert-OH is 2. The Labute approximate surface area is 131 Å². The van der Waals surface area contributed by atoms with Gasteiger partial charge in [0.2, 0.25) is 0 Å². The van der Waals surface area contributed by atoms with Gasteiger partial charge in [-0.05, 0) is 85.9 Å². The van der Waals surface area contributed by atoms with Crippen LogP contribution in [0.3, 0.4) is 0 Å². The first kappa shape index (κ1) is 12.9. The molecule has 10 atom stereocenters. The largest absolute Gasteiger partial charge is 0.394 e. The van der Waals surface area contributed by atoms with Gasteiger partial charge in [-0.1, -0.05) is 0 Å². The first-order valence-electron chi connectivity index (χ1n) is 9.41. The maximum Gasteiger partial charge on any atom is 0.111 e. The molecule has 0 saturated heterocycles. The standard InChI is InChI=1S/C18H26N2O2/c21-7-17-13-9-1-2-10(5-9)14(13)18(8-22,20-19-17)16-12-4-3-11(6-12)15(16)17/h9-16,21-22H,1-8H2/t9-,10+,11+,12-,13+,14-,15-,16+,17?,18?. The summed E-state index contributed by atoms with van der Waals surface area (Å²) in [5, 5.41) is 30.6. The quantitative estimate of drug-likeness (QED) is 0.821. The molecular weight excluding hydrogens is 276 g/mol. The third kappa shape index (κ3) is 1.09. The summed E-state index contributed by atoms with van der Waals surface area (Å²) in [6, 6.07) is 0. The molecule has 2 heterocycles. The van der Waals surface area contributed by atoms with Crippen LogP contribution in [0.4, 0.5) is 0 Å². The highest BCUT2D eigenvalue weighted by Crippen LogP contribution is 2.75. The predicted molar refractivity (Wildman–Crippen MR) is 80.1 cm³/mol. The van der Waals surface area contributed by atoms with Crippen molar-refractivity contribution in [1.29, 1.82) is 0 Å². The molecule has 0 amide bonds. The Morgan fingerprint density at radius 2 is 0.955 bits per heavy atom. The summed E-state index contributed by atoms with van der Waals surface area (Å²) >= 11 is 0. The number of fused-ring (bicyclic) bond motifs is 4. The van der Waals surface area contributed by atoms with Crippen molar-refractivity contribution < 1.29 is 10.2 Å². The Bertz CT molecular complexity index is 481. The van der Waals surface area contributed by atoms with Crippen molar-refractivity contribution in [3.63, 3.8) is 0 Å². The molecule has 0 spiro atoms. The smallest absolute Gasteiger partial charge is 0.111 e. The molecule has 22 heavy (non-hydrogen) atoms. The Morgan fingerprint density at radius 3 is 1.23 bits per heavy atom. The van der Waals surface area contributed by atoms with Crippen molar-refractivity contribution in [3.8, 4) is 0 Å². The molecule has 0 aromatic carbocycles. The molecule has 4 nitrogen and oxygen atoms in total. The number of hydrogen-bond donors (Lipinski definition) is 2. The second-order valence-electron chi connectivity index (χ2n) is 9.27. The van der Waals surface area contributed by atoms with Gasteiger partial charge in [-0.3, -0.25) is 0 Å². The zero-order valence-electron chi connectivity index (χ0n) is 13.1. The molecule has 5 aliphatic carbocycles. The van der Waals surface area contributed by atoms with E-state index in [2.05, 4.69) is 0 Å². The minimum atomic E-state index is -0.286. The van der Waals surface area contributed by atoms with E-state index in [4.69, 9.17) is 10.2 Å². The Morgan fingerprint density at radius 1 is 0.636 bits per heavy atom. The molecule has 4 heteroatoms. The van der Waals surface area contributed by atoms with E-state index in [1.165, 1.54) is 38.5 Å². The number of nitrogens with zero attached hydrogens (tertiary/aromatic N) is 2. The minimum absolute atomic E-state index is 0.187. The van der Waals surface area contributed by atoms with Gasteiger partial charge in [0.05, 0.1) is 13.2 Å². The Kier molecular flexibility index (Phi) is 2.21. The first-order chi connectivity index (χ1) is 10.7. The highest BCUT2D eigenvalue weighted by Gasteiger charge is 2.78. The lowest BCUT2D eigenvalue weighted by Gasteiger charge is -2.65. The summed E-state index contributed by atoms with van der Waals surface area (Å²) in [5.74, 6) is 4.92. The van der Waals surface area contributed by atoms with Gasteiger partial charge >= 0.3 is 0 Å². The van der Waals surface area contributed by atoms with Gasteiger partial charge in [0.25, 0.3) is 0 Å². The van der Waals surface area contributed by atoms with Crippen LogP contribution in [0, 0.1) is 47.3 Å². The summed E-state index contributed by atoms with van der Waals surface area (Å²) in [5.41, 5.74) is -0.572. The molecule has 6 bridgehead atoms. The van der Waals surface area contributed by atoms with Crippen molar-refractivity contribution in [1.82, 2.24) is 0 Å². The third-order valence-electron chi connectivity index (χ3n) is 9.07. The van der Waals surface area contributed by atoms with Crippen LogP contribution in [0.1, 0.15) is 38.5 Å². The number of hydrogen-bond acceptors (Lipinski definition) is 4. The second-order valence-corrected chi connectivity index (χ2v) is 9.27. The molecule has 0 aromatic rings. The van der Waals surface area contributed by atoms with Crippen molar-refractivity contribution >= 4 is 0 Å². The maximum absolute atomic E-state index is 10.5. The van der Waals surface area contributed by atoms with E-state index in [9.17, 15) is 10.2 Å². The lowest BCUT2D eigenvalue weighted by Crippen LogP contribution is -2.72. The van der Waals surface area contributed by atoms with Gasteiger partial charge in [0, 0.05) is 0 Å². The van der Waals surface area contributed by atoms with Crippen LogP contribution in [0.5, 0.6) is 0 Å². The molecule has 5 saturated carbocycles. The van der Waals surface area contributed by atoms with Gasteiger partial charge in [-0.2, -0.15) is 10.2 Å². The molecule has 2 aliphatic heterocycles. The number of aliphatic hydroxyl groups is 2. The van der Waals surface area contributed by atoms with Crippen LogP contribution in [0.25, 0.3) is 0 Å². The molecule has 7 rings (SSSR count). The van der Waals surface area contributed by atoms with E-state index >= 15 is 0 Å². The van der Waals surface area contributed by atoms with Gasteiger partial charge in [0.1, 0.15) is 11.1 Å². The summed E-state index contributed by atoms with van der Waals surface area (Å²) in [4.78, 5) is 0. The van der Waals surface area contributed by atoms with E-state index < -0.39 is 0 Å². The average molecular weight is 302 g/mol. The molecule has 2 N–H and O–H groups in total. The monoisotopic (exact) mass is 302 g/mol. The summed E-state index contributed by atoms with van der Waals surface area (Å²) in [7, 11) is 0. The van der Waals surface area contributed by atoms with Gasteiger partial charge in [-0.15, -0.1) is 0 Å². The number of azo groups is 1. The van der Waals surface area contributed by atoms with Crippen molar-refractivity contribution in [2.24, 2.45) is 57.6 Å². The van der Waals surface area contributed by atoms with Gasteiger partial charge in [-0.25, -0.2) is 0 Å². The lowest BCUT2D eigenvalue weighted by molar-refractivity contribution is -0.159. The maximum atomic E-state index is 10.5. The van der Waals surface area contributed by atoms with E-state index in [-0.39, 0.29) is 24.3 Å². The van der Waals surface area contributed by atoms with Crippen LogP contribution < -0.4 is 0 Å². The highest BCUT2D eigenvalue weighted by atomic mass is 16.3. The van der Waals surface area contributed by atoms with E-state index in [0.29, 0.717) is 23.7 Å². The fourth-order valence-corrected chi connectivity index (χ4v) is 8.84. The summed E-state index contributed by atoms with van der Waals surface area (Å²) in [6.45, 7) is 0.375. The topological polar surface area (TPSA) is 65.2 Å². The second kappa shape index (κ2) is 3.77. The Hall–Kier alpha value is -0.480. The molecule has 7 aliphatic rings. The SMILES string of the molecule is OCC12N=NC(CO)([C@@H]3[C@H]4CC[C@H](C4)[C@@H]31)[C@H]1[C@@H]3CC[C@@H](C3)[C@H]12. The fraction of sp³-hybridized carbons (Fsp3) is 1.00. The minimum Gasteiger partial charge on any atom is -0.394 e. The average Bonchev–Trinajstić information content (AvgIpc) is 3.34. The van der Waals surface area contributed by atoms with Crippen molar-refractivity contribution in [2.75, 3.05) is 13.2 Å². The molecule has 5 fully saturated rings. The third-order valence-corrected chi connectivity index (χ3v) is 9.07. The zero-order valence-corrected chi connectivity index (χ0v) is 13.1. The normalized spacial score (nSPS) is 66.1. The summed E-state index contributed by atoms with van der Waals surface area (Å²) in [6.07, 6.45) is 7.87. The first-order valence-corrected chi connectivity index (χ1v) is 9.41. The van der Waals surface area contributed by atoms with E-state index in [1.807, 2.05) is 0 Å². The Balaban J connectivity index is 1.60. The molecule has 2 unspecified atom stereocenters. The van der Waals surface area contributed by atoms with E-state index in [1.54, 1.807) is 0 Å². The lowest BCUT2D eigenvalue weighted by atomic mass is 9.44. The van der Waals surface area contributed by atoms with Crippen molar-refractivity contribution in [3.05, 3.63) is 0 Å². The predicted octanol–water partition coefficient (Wildman–Crippen LogP) is 2.25.